The third-order valence-electron chi connectivity index (χ3n) is 12.7. The third kappa shape index (κ3) is 16.6. The number of piperidine rings is 1. The lowest BCUT2D eigenvalue weighted by atomic mass is 9.83. The molecule has 0 aliphatic carbocycles. The highest BCUT2D eigenvalue weighted by molar-refractivity contribution is 8.00. The van der Waals surface area contributed by atoms with Crippen molar-refractivity contribution in [3.63, 3.8) is 0 Å². The predicted molar refractivity (Wildman–Crippen MR) is 255 cm³/mol. The first-order chi connectivity index (χ1) is 31.8. The van der Waals surface area contributed by atoms with Gasteiger partial charge in [0, 0.05) is 69.6 Å². The maximum absolute atomic E-state index is 14.3. The quantitative estimate of drug-likeness (QED) is 0.0605. The molecule has 0 radical (unpaired) electrons. The number of thiazole rings is 1. The van der Waals surface area contributed by atoms with Crippen LogP contribution in [0.1, 0.15) is 139 Å². The molecule has 17 nitrogen and oxygen atoms in total. The predicted octanol–water partition coefficient (Wildman–Crippen LogP) is 6.20. The zero-order valence-electron chi connectivity index (χ0n) is 40.5. The molecule has 1 aromatic carbocycles. The molecule has 1 unspecified atom stereocenters. The number of anilines is 1. The molecular weight excluding hydrogens is 901 g/mol. The summed E-state index contributed by atoms with van der Waals surface area (Å²) >= 11 is 2.54. The highest BCUT2D eigenvalue weighted by atomic mass is 32.2. The molecule has 0 bridgehead atoms. The van der Waals surface area contributed by atoms with Crippen LogP contribution in [0.25, 0.3) is 0 Å². The molecule has 2 aromatic rings. The monoisotopic (exact) mass is 970 g/mol. The van der Waals surface area contributed by atoms with Crippen LogP contribution in [0.5, 0.6) is 5.75 Å². The topological polar surface area (TPSA) is 230 Å². The van der Waals surface area contributed by atoms with Crippen molar-refractivity contribution in [2.45, 2.75) is 148 Å². The molecule has 2 saturated heterocycles. The summed E-state index contributed by atoms with van der Waals surface area (Å²) in [6, 6.07) is 4.00. The number of phenolic OH excluding ortho intramolecular Hbond substituents is 1. The van der Waals surface area contributed by atoms with Crippen molar-refractivity contribution in [3.05, 3.63) is 39.8 Å². The van der Waals surface area contributed by atoms with Crippen LogP contribution in [-0.2, 0) is 49.5 Å². The number of ketones is 1. The number of likely N-dealkylation sites (N-methyl/N-ethyl adjacent to an activating group) is 1. The summed E-state index contributed by atoms with van der Waals surface area (Å²) in [5, 5.41) is 18.1. The molecule has 2 aliphatic heterocycles. The summed E-state index contributed by atoms with van der Waals surface area (Å²) in [7, 11) is 3.74. The van der Waals surface area contributed by atoms with Gasteiger partial charge in [0.05, 0.1) is 17.0 Å². The molecule has 1 aromatic heterocycles. The van der Waals surface area contributed by atoms with Crippen LogP contribution < -0.4 is 10.6 Å². The SMILES string of the molecule is CCC[C@H](Cc1ccc(O)c(NC(=O)CCCN2C(=O)CC(SC)C2=O)c1)NC(=O)c1csc([C@@H](C[C@H](C(C)C)N(C)C(=O)[C@@H](CC(=O)[C@H]2CCCCN2C)[C@@H](C)CC)OC(C)=O)n1.O=C=O. The van der Waals surface area contributed by atoms with Gasteiger partial charge in [0.15, 0.2) is 11.9 Å². The van der Waals surface area contributed by atoms with Crippen LogP contribution >= 0.6 is 23.1 Å². The number of amides is 5. The Bertz CT molecular complexity index is 2060. The van der Waals surface area contributed by atoms with Gasteiger partial charge < -0.3 is 25.4 Å². The number of nitrogens with one attached hydrogen (secondary N) is 2. The fraction of sp³-hybridized carbons (Fsp3) is 0.646. The minimum atomic E-state index is -0.832. The van der Waals surface area contributed by atoms with E-state index in [4.69, 9.17) is 14.3 Å². The van der Waals surface area contributed by atoms with Gasteiger partial charge in [-0.2, -0.15) is 21.4 Å². The molecule has 19 heteroatoms. The molecule has 0 spiro atoms. The van der Waals surface area contributed by atoms with Crippen LogP contribution in [0.2, 0.25) is 0 Å². The van der Waals surface area contributed by atoms with E-state index in [2.05, 4.69) is 20.5 Å². The van der Waals surface area contributed by atoms with Gasteiger partial charge in [-0.15, -0.1) is 11.3 Å². The lowest BCUT2D eigenvalue weighted by Gasteiger charge is -2.37. The molecule has 0 saturated carbocycles. The van der Waals surface area contributed by atoms with E-state index in [1.54, 1.807) is 35.7 Å². The van der Waals surface area contributed by atoms with E-state index in [-0.39, 0.29) is 127 Å². The lowest BCUT2D eigenvalue weighted by molar-refractivity contribution is -0.192. The van der Waals surface area contributed by atoms with Gasteiger partial charge in [-0.25, -0.2) is 4.98 Å². The van der Waals surface area contributed by atoms with Gasteiger partial charge in [-0.3, -0.25) is 43.4 Å². The summed E-state index contributed by atoms with van der Waals surface area (Å²) in [6.45, 7) is 12.4. The summed E-state index contributed by atoms with van der Waals surface area (Å²) < 4.78 is 5.83. The molecule has 67 heavy (non-hydrogen) atoms. The van der Waals surface area contributed by atoms with E-state index < -0.39 is 23.9 Å². The number of thioether (sulfide) groups is 1. The highest BCUT2D eigenvalue weighted by Gasteiger charge is 2.39. The van der Waals surface area contributed by atoms with E-state index in [0.29, 0.717) is 17.8 Å². The second-order valence-electron chi connectivity index (χ2n) is 17.9. The molecule has 2 aliphatic rings. The van der Waals surface area contributed by atoms with Crippen molar-refractivity contribution in [2.75, 3.05) is 38.8 Å². The molecule has 3 N–H and O–H groups in total. The number of esters is 1. The van der Waals surface area contributed by atoms with Gasteiger partial charge in [0.2, 0.25) is 23.6 Å². The number of carbonyl (C=O) groups excluding carboxylic acids is 9. The van der Waals surface area contributed by atoms with Crippen molar-refractivity contribution in [2.24, 2.45) is 17.8 Å². The normalized spacial score (nSPS) is 18.4. The maximum Gasteiger partial charge on any atom is 0.373 e. The van der Waals surface area contributed by atoms with Crippen LogP contribution in [-0.4, -0.2) is 129 Å². The maximum atomic E-state index is 14.3. The number of nitrogens with zero attached hydrogens (tertiary/aromatic N) is 4. The second kappa shape index (κ2) is 27.7. The number of carbonyl (C=O) groups is 7. The number of rotatable bonds is 24. The Kier molecular flexibility index (Phi) is 23.3. The van der Waals surface area contributed by atoms with Crippen molar-refractivity contribution in [1.29, 1.82) is 0 Å². The van der Waals surface area contributed by atoms with Crippen LogP contribution in [0.15, 0.2) is 23.6 Å². The summed E-state index contributed by atoms with van der Waals surface area (Å²) in [5.41, 5.74) is 1.13. The summed E-state index contributed by atoms with van der Waals surface area (Å²) in [5.74, 6) is -2.45. The number of ether oxygens (including phenoxy) is 1. The number of imide groups is 1. The van der Waals surface area contributed by atoms with Crippen LogP contribution in [0.3, 0.4) is 0 Å². The number of phenols is 1. The van der Waals surface area contributed by atoms with Gasteiger partial charge >= 0.3 is 12.1 Å². The van der Waals surface area contributed by atoms with Crippen molar-refractivity contribution < 1.29 is 53.0 Å². The third-order valence-corrected chi connectivity index (χ3v) is 14.6. The Morgan fingerprint density at radius 1 is 1.10 bits per heavy atom. The van der Waals surface area contributed by atoms with Crippen LogP contribution in [0, 0.1) is 17.8 Å². The fourth-order valence-electron chi connectivity index (χ4n) is 8.72. The van der Waals surface area contributed by atoms with Crippen molar-refractivity contribution in [1.82, 2.24) is 25.0 Å². The molecule has 2 fully saturated rings. The largest absolute Gasteiger partial charge is 0.506 e. The Morgan fingerprint density at radius 2 is 1.81 bits per heavy atom. The van der Waals surface area contributed by atoms with Gasteiger partial charge in [0.1, 0.15) is 16.5 Å². The first kappa shape index (κ1) is 56.4. The van der Waals surface area contributed by atoms with Gasteiger partial charge in [-0.05, 0) is 81.5 Å². The van der Waals surface area contributed by atoms with Crippen molar-refractivity contribution >= 4 is 76.2 Å². The van der Waals surface area contributed by atoms with E-state index >= 15 is 0 Å². The average Bonchev–Trinajstić information content (AvgIpc) is 3.89. The summed E-state index contributed by atoms with van der Waals surface area (Å²) in [4.78, 5) is 118. The number of hydrogen-bond donors (Lipinski definition) is 3. The highest BCUT2D eigenvalue weighted by Crippen LogP contribution is 2.33. The average molecular weight is 971 g/mol. The minimum absolute atomic E-state index is 0.0176. The van der Waals surface area contributed by atoms with Crippen LogP contribution in [0.4, 0.5) is 5.69 Å². The Labute approximate surface area is 402 Å². The number of Topliss-reactive ketones (excluding diaryl/α,β-unsaturated/α-hetero) is 1. The molecule has 7 atom stereocenters. The number of likely N-dealkylation sites (tertiary alicyclic amines) is 2. The molecular formula is C48H70N6O11S2. The fourth-order valence-corrected chi connectivity index (χ4v) is 10.2. The Morgan fingerprint density at radius 3 is 2.40 bits per heavy atom. The smallest absolute Gasteiger partial charge is 0.373 e. The number of aromatic nitrogens is 1. The number of hydrogen-bond acceptors (Lipinski definition) is 15. The molecule has 3 heterocycles. The standard InChI is InChI=1S/C47H70N6O9S2.CO2/c1-10-15-32(22-31-18-19-38(55)34(23-31)49-42(57)17-14-21-53-43(58)26-41(63-9)47(53)61)48-44(59)35-27-64-45(50-35)40(62-30(6)54)25-37(28(3)4)52(8)46(60)33(29(5)11-2)24-39(56)36-16-12-13-20-51(36)7;2-1-3/h18-19,23,27-29,32-33,36-37,40-41,55H,10-17,20-22,24-26H2,1-9H3,(H,48,59)(H,49,57);/t29-,32+,33-,36+,37+,40+,41?;/m0./s1. The van der Waals surface area contributed by atoms with Gasteiger partial charge in [-0.1, -0.05) is 59.9 Å². The number of aromatic hydroxyl groups is 1. The Hall–Kier alpha value is -4.97. The minimum Gasteiger partial charge on any atom is -0.506 e. The molecule has 370 valence electrons. The van der Waals surface area contributed by atoms with Crippen molar-refractivity contribution in [3.8, 4) is 5.75 Å². The van der Waals surface area contributed by atoms with Gasteiger partial charge in [0.25, 0.3) is 5.91 Å². The lowest BCUT2D eigenvalue weighted by Crippen LogP contribution is -2.48. The zero-order valence-corrected chi connectivity index (χ0v) is 42.1. The first-order valence-corrected chi connectivity index (χ1v) is 25.4. The van der Waals surface area contributed by atoms with E-state index in [0.717, 1.165) is 44.2 Å². The molecule has 4 rings (SSSR count). The van der Waals surface area contributed by atoms with E-state index in [9.17, 15) is 38.7 Å². The first-order valence-electron chi connectivity index (χ1n) is 23.2. The summed E-state index contributed by atoms with van der Waals surface area (Å²) in [6.07, 6.45) is 7.50. The van der Waals surface area contributed by atoms with E-state index in [1.807, 2.05) is 41.7 Å². The Balaban J connectivity index is 0.00000386. The van der Waals surface area contributed by atoms with E-state index in [1.165, 1.54) is 41.0 Å². The number of benzene rings is 1. The second-order valence-corrected chi connectivity index (χ2v) is 19.8. The molecule has 5 amide bonds. The zero-order chi connectivity index (χ0) is 50.0.